The Morgan fingerprint density at radius 3 is 2.29 bits per heavy atom. The summed E-state index contributed by atoms with van der Waals surface area (Å²) in [6.45, 7) is 3.85. The van der Waals surface area contributed by atoms with E-state index in [9.17, 15) is 13.2 Å². The molecule has 0 aliphatic carbocycles. The average Bonchev–Trinajstić information content (AvgIpc) is 2.45. The molecule has 0 atom stereocenters. The molecule has 0 saturated carbocycles. The van der Waals surface area contributed by atoms with Crippen molar-refractivity contribution >= 4 is 11.6 Å². The first-order chi connectivity index (χ1) is 7.58. The summed E-state index contributed by atoms with van der Waals surface area (Å²) >= 11 is 5.84. The van der Waals surface area contributed by atoms with E-state index < -0.39 is 17.3 Å². The topological polar surface area (TPSA) is 43.8 Å². The van der Waals surface area contributed by atoms with Gasteiger partial charge < -0.3 is 5.73 Å². The van der Waals surface area contributed by atoms with Gasteiger partial charge in [0.05, 0.1) is 0 Å². The van der Waals surface area contributed by atoms with Crippen LogP contribution < -0.4 is 5.73 Å². The van der Waals surface area contributed by atoms with Gasteiger partial charge in [-0.15, -0.1) is 0 Å². The van der Waals surface area contributed by atoms with Crippen molar-refractivity contribution in [2.24, 2.45) is 18.2 Å². The Morgan fingerprint density at radius 2 is 1.88 bits per heavy atom. The molecule has 0 radical (unpaired) electrons. The van der Waals surface area contributed by atoms with Gasteiger partial charge in [-0.3, -0.25) is 4.68 Å². The summed E-state index contributed by atoms with van der Waals surface area (Å²) < 4.78 is 39.3. The van der Waals surface area contributed by atoms with E-state index in [4.69, 9.17) is 17.3 Å². The van der Waals surface area contributed by atoms with Crippen LogP contribution in [0.25, 0.3) is 0 Å². The largest absolute Gasteiger partial charge is 0.435 e. The van der Waals surface area contributed by atoms with Crippen molar-refractivity contribution in [3.63, 3.8) is 0 Å². The van der Waals surface area contributed by atoms with E-state index in [1.165, 1.54) is 7.05 Å². The predicted molar refractivity (Wildman–Crippen MR) is 59.8 cm³/mol. The lowest BCUT2D eigenvalue weighted by Gasteiger charge is -2.22. The van der Waals surface area contributed by atoms with Gasteiger partial charge in [-0.25, -0.2) is 0 Å². The van der Waals surface area contributed by atoms with Gasteiger partial charge in [0.15, 0.2) is 5.69 Å². The highest BCUT2D eigenvalue weighted by molar-refractivity contribution is 6.30. The first-order valence-corrected chi connectivity index (χ1v) is 5.45. The maximum atomic E-state index is 12.8. The normalized spacial score (nSPS) is 13.2. The highest BCUT2D eigenvalue weighted by Gasteiger charge is 2.39. The molecule has 0 fully saturated rings. The summed E-state index contributed by atoms with van der Waals surface area (Å²) in [5.74, 6) is 0. The summed E-state index contributed by atoms with van der Waals surface area (Å²) in [5.41, 5.74) is 4.15. The second kappa shape index (κ2) is 4.49. The number of rotatable bonds is 3. The molecule has 1 heterocycles. The highest BCUT2D eigenvalue weighted by Crippen LogP contribution is 2.37. The molecule has 0 aliphatic heterocycles. The quantitative estimate of drug-likeness (QED) is 0.917. The molecule has 2 N–H and O–H groups in total. The summed E-state index contributed by atoms with van der Waals surface area (Å²) in [7, 11) is 1.39. The molecule has 3 nitrogen and oxygen atoms in total. The van der Waals surface area contributed by atoms with Crippen molar-refractivity contribution in [2.75, 3.05) is 6.54 Å². The third kappa shape index (κ3) is 3.13. The molecule has 0 aliphatic rings. The Balaban J connectivity index is 3.23. The Hall–Kier alpha value is -0.750. The van der Waals surface area contributed by atoms with Crippen molar-refractivity contribution in [1.82, 2.24) is 9.78 Å². The fraction of sp³-hybridized carbons (Fsp3) is 0.700. The first kappa shape index (κ1) is 14.3. The zero-order valence-electron chi connectivity index (χ0n) is 9.90. The van der Waals surface area contributed by atoms with E-state index in [0.29, 0.717) is 0 Å². The minimum absolute atomic E-state index is 0.0112. The number of hydrogen-bond acceptors (Lipinski definition) is 2. The van der Waals surface area contributed by atoms with E-state index in [2.05, 4.69) is 5.10 Å². The Kier molecular flexibility index (Phi) is 3.78. The van der Waals surface area contributed by atoms with Gasteiger partial charge in [0.2, 0.25) is 0 Å². The van der Waals surface area contributed by atoms with Gasteiger partial charge in [0.25, 0.3) is 0 Å². The summed E-state index contributed by atoms with van der Waals surface area (Å²) in [5, 5.41) is 3.43. The molecule has 0 bridgehead atoms. The SMILES string of the molecule is Cn1nc(C(F)(F)F)c(CC(C)(C)CN)c1Cl. The number of halogens is 4. The molecule has 7 heteroatoms. The number of nitrogens with zero attached hydrogens (tertiary/aromatic N) is 2. The molecule has 0 saturated heterocycles. The summed E-state index contributed by atoms with van der Waals surface area (Å²) in [6, 6.07) is 0. The second-order valence-electron chi connectivity index (χ2n) is 4.78. The van der Waals surface area contributed by atoms with Crippen LogP contribution in [0, 0.1) is 5.41 Å². The number of aryl methyl sites for hydroxylation is 1. The molecule has 1 aromatic heterocycles. The highest BCUT2D eigenvalue weighted by atomic mass is 35.5. The van der Waals surface area contributed by atoms with E-state index in [-0.39, 0.29) is 23.7 Å². The Bertz CT molecular complexity index is 410. The molecule has 0 aromatic carbocycles. The van der Waals surface area contributed by atoms with Gasteiger partial charge in [0.1, 0.15) is 5.15 Å². The number of hydrogen-bond donors (Lipinski definition) is 1. The molecule has 1 rings (SSSR count). The van der Waals surface area contributed by atoms with E-state index in [1.807, 2.05) is 0 Å². The van der Waals surface area contributed by atoms with Gasteiger partial charge in [-0.2, -0.15) is 18.3 Å². The lowest BCUT2D eigenvalue weighted by atomic mass is 9.86. The molecule has 98 valence electrons. The zero-order chi connectivity index (χ0) is 13.4. The Labute approximate surface area is 103 Å². The van der Waals surface area contributed by atoms with Crippen LogP contribution in [0.1, 0.15) is 25.1 Å². The maximum absolute atomic E-state index is 12.8. The molecule has 0 spiro atoms. The summed E-state index contributed by atoms with van der Waals surface area (Å²) in [6.07, 6.45) is -4.35. The number of aromatic nitrogens is 2. The molecular weight excluding hydrogens is 255 g/mol. The van der Waals surface area contributed by atoms with Crippen LogP contribution in [0.5, 0.6) is 0 Å². The number of nitrogens with two attached hydrogens (primary N) is 1. The van der Waals surface area contributed by atoms with Crippen LogP contribution in [0.15, 0.2) is 0 Å². The molecule has 1 aromatic rings. The molecule has 0 amide bonds. The fourth-order valence-corrected chi connectivity index (χ4v) is 1.68. The van der Waals surface area contributed by atoms with Crippen molar-refractivity contribution in [1.29, 1.82) is 0 Å². The third-order valence-corrected chi connectivity index (χ3v) is 3.02. The van der Waals surface area contributed by atoms with E-state index in [1.54, 1.807) is 13.8 Å². The molecule has 17 heavy (non-hydrogen) atoms. The van der Waals surface area contributed by atoms with Crippen LogP contribution in [-0.2, 0) is 19.6 Å². The Morgan fingerprint density at radius 1 is 1.35 bits per heavy atom. The fourth-order valence-electron chi connectivity index (χ4n) is 1.48. The third-order valence-electron chi connectivity index (χ3n) is 2.55. The van der Waals surface area contributed by atoms with Gasteiger partial charge in [-0.05, 0) is 18.4 Å². The first-order valence-electron chi connectivity index (χ1n) is 5.07. The summed E-state index contributed by atoms with van der Waals surface area (Å²) in [4.78, 5) is 0. The van der Waals surface area contributed by atoms with Crippen molar-refractivity contribution in [2.45, 2.75) is 26.4 Å². The second-order valence-corrected chi connectivity index (χ2v) is 5.14. The van der Waals surface area contributed by atoms with Gasteiger partial charge in [0, 0.05) is 12.6 Å². The molecular formula is C10H15ClF3N3. The lowest BCUT2D eigenvalue weighted by Crippen LogP contribution is -2.27. The van der Waals surface area contributed by atoms with Gasteiger partial charge >= 0.3 is 6.18 Å². The predicted octanol–water partition coefficient (Wildman–Crippen LogP) is 2.62. The monoisotopic (exact) mass is 269 g/mol. The van der Waals surface area contributed by atoms with Crippen LogP contribution in [0.3, 0.4) is 0 Å². The maximum Gasteiger partial charge on any atom is 0.435 e. The van der Waals surface area contributed by atoms with Gasteiger partial charge in [-0.1, -0.05) is 25.4 Å². The van der Waals surface area contributed by atoms with Crippen molar-refractivity contribution in [3.8, 4) is 0 Å². The smallest absolute Gasteiger partial charge is 0.330 e. The van der Waals surface area contributed by atoms with Crippen LogP contribution in [0.4, 0.5) is 13.2 Å². The average molecular weight is 270 g/mol. The standard InChI is InChI=1S/C10H15ClF3N3/c1-9(2,5-15)4-6-7(10(12,13)14)16-17(3)8(6)11/h4-5,15H2,1-3H3. The van der Waals surface area contributed by atoms with E-state index in [0.717, 1.165) is 4.68 Å². The molecule has 0 unspecified atom stereocenters. The van der Waals surface area contributed by atoms with Crippen LogP contribution in [0.2, 0.25) is 5.15 Å². The minimum atomic E-state index is -4.50. The van der Waals surface area contributed by atoms with E-state index >= 15 is 0 Å². The van der Waals surface area contributed by atoms with Crippen molar-refractivity contribution < 1.29 is 13.2 Å². The van der Waals surface area contributed by atoms with Crippen LogP contribution in [-0.4, -0.2) is 16.3 Å². The zero-order valence-corrected chi connectivity index (χ0v) is 10.7. The van der Waals surface area contributed by atoms with Crippen LogP contribution >= 0.6 is 11.6 Å². The lowest BCUT2D eigenvalue weighted by molar-refractivity contribution is -0.142. The van der Waals surface area contributed by atoms with Crippen molar-refractivity contribution in [3.05, 3.63) is 16.4 Å². The number of alkyl halides is 3. The minimum Gasteiger partial charge on any atom is -0.330 e.